The van der Waals surface area contributed by atoms with Crippen LogP contribution in [0, 0.1) is 13.8 Å². The maximum absolute atomic E-state index is 12.7. The quantitative estimate of drug-likeness (QED) is 0.606. The SMILES string of the molecule is CC[C@@H](C(=O)NCCOc1cccc(C)c1C)N(c1ccc(Cl)cc1)S(C)(=O)=O. The molecule has 8 heteroatoms. The van der Waals surface area contributed by atoms with Gasteiger partial charge in [-0.05, 0) is 61.7 Å². The molecule has 0 aliphatic carbocycles. The van der Waals surface area contributed by atoms with E-state index in [1.54, 1.807) is 31.2 Å². The van der Waals surface area contributed by atoms with Crippen molar-refractivity contribution in [2.24, 2.45) is 0 Å². The number of halogens is 1. The minimum Gasteiger partial charge on any atom is -0.491 e. The number of carbonyl (C=O) groups excluding carboxylic acids is 1. The summed E-state index contributed by atoms with van der Waals surface area (Å²) in [7, 11) is -3.67. The van der Waals surface area contributed by atoms with Gasteiger partial charge in [0.1, 0.15) is 18.4 Å². The summed E-state index contributed by atoms with van der Waals surface area (Å²) in [5.41, 5.74) is 2.58. The number of carbonyl (C=O) groups is 1. The third-order valence-electron chi connectivity index (χ3n) is 4.62. The van der Waals surface area contributed by atoms with Gasteiger partial charge in [0.2, 0.25) is 15.9 Å². The normalized spacial score (nSPS) is 12.3. The van der Waals surface area contributed by atoms with E-state index in [2.05, 4.69) is 5.32 Å². The zero-order valence-corrected chi connectivity index (χ0v) is 18.7. The number of ether oxygens (including phenoxy) is 1. The van der Waals surface area contributed by atoms with Gasteiger partial charge in [-0.25, -0.2) is 8.42 Å². The molecule has 0 saturated carbocycles. The van der Waals surface area contributed by atoms with Crippen LogP contribution in [0.15, 0.2) is 42.5 Å². The lowest BCUT2D eigenvalue weighted by molar-refractivity contribution is -0.122. The number of nitrogens with one attached hydrogen (secondary N) is 1. The standard InChI is InChI=1S/C21H27ClN2O4S/c1-5-19(24(29(4,26)27)18-11-9-17(22)10-12-18)21(25)23-13-14-28-20-8-6-7-15(2)16(20)3/h6-12,19H,5,13-14H2,1-4H3,(H,23,25)/t19-/m0/s1. The molecule has 1 amide bonds. The van der Waals surface area contributed by atoms with Crippen molar-refractivity contribution in [3.63, 3.8) is 0 Å². The van der Waals surface area contributed by atoms with Crippen LogP contribution in [0.2, 0.25) is 5.02 Å². The second kappa shape index (κ2) is 9.98. The summed E-state index contributed by atoms with van der Waals surface area (Å²) in [6.45, 7) is 6.30. The van der Waals surface area contributed by atoms with Gasteiger partial charge in [0.15, 0.2) is 0 Å². The Kier molecular flexibility index (Phi) is 7.93. The summed E-state index contributed by atoms with van der Waals surface area (Å²) >= 11 is 5.90. The predicted octanol–water partition coefficient (Wildman–Crippen LogP) is 3.70. The fourth-order valence-corrected chi connectivity index (χ4v) is 4.32. The number of nitrogens with zero attached hydrogens (tertiary/aromatic N) is 1. The van der Waals surface area contributed by atoms with E-state index in [0.29, 0.717) is 17.1 Å². The average Bonchev–Trinajstić information content (AvgIpc) is 2.66. The molecule has 2 rings (SSSR count). The first kappa shape index (κ1) is 23.0. The minimum absolute atomic E-state index is 0.265. The Morgan fingerprint density at radius 2 is 1.83 bits per heavy atom. The lowest BCUT2D eigenvalue weighted by atomic mass is 10.1. The van der Waals surface area contributed by atoms with E-state index in [4.69, 9.17) is 16.3 Å². The molecule has 0 unspecified atom stereocenters. The number of anilines is 1. The minimum atomic E-state index is -3.67. The van der Waals surface area contributed by atoms with E-state index >= 15 is 0 Å². The Morgan fingerprint density at radius 1 is 1.17 bits per heavy atom. The van der Waals surface area contributed by atoms with Gasteiger partial charge in [0, 0.05) is 5.02 Å². The summed E-state index contributed by atoms with van der Waals surface area (Å²) in [4.78, 5) is 12.7. The number of hydrogen-bond donors (Lipinski definition) is 1. The van der Waals surface area contributed by atoms with E-state index < -0.39 is 16.1 Å². The fourth-order valence-electron chi connectivity index (χ4n) is 2.98. The van der Waals surface area contributed by atoms with Crippen molar-refractivity contribution < 1.29 is 17.9 Å². The highest BCUT2D eigenvalue weighted by Gasteiger charge is 2.31. The van der Waals surface area contributed by atoms with Gasteiger partial charge >= 0.3 is 0 Å². The van der Waals surface area contributed by atoms with E-state index in [1.165, 1.54) is 0 Å². The summed E-state index contributed by atoms with van der Waals surface area (Å²) in [5, 5.41) is 3.26. The highest BCUT2D eigenvalue weighted by atomic mass is 35.5. The summed E-state index contributed by atoms with van der Waals surface area (Å²) < 4.78 is 31.7. The Labute approximate surface area is 177 Å². The summed E-state index contributed by atoms with van der Waals surface area (Å²) in [6.07, 6.45) is 1.40. The Morgan fingerprint density at radius 3 is 2.41 bits per heavy atom. The van der Waals surface area contributed by atoms with Crippen LogP contribution in [-0.4, -0.2) is 39.8 Å². The lowest BCUT2D eigenvalue weighted by Gasteiger charge is -2.30. The molecule has 0 aromatic heterocycles. The van der Waals surface area contributed by atoms with E-state index in [9.17, 15) is 13.2 Å². The van der Waals surface area contributed by atoms with Crippen molar-refractivity contribution in [2.75, 3.05) is 23.7 Å². The smallest absolute Gasteiger partial charge is 0.244 e. The molecule has 2 aromatic carbocycles. The van der Waals surface area contributed by atoms with Crippen LogP contribution in [0.25, 0.3) is 0 Å². The van der Waals surface area contributed by atoms with E-state index in [1.807, 2.05) is 32.0 Å². The van der Waals surface area contributed by atoms with Crippen molar-refractivity contribution in [1.29, 1.82) is 0 Å². The molecule has 0 spiro atoms. The molecule has 0 aliphatic rings. The molecule has 0 aliphatic heterocycles. The Bertz CT molecular complexity index is 946. The molecule has 0 fully saturated rings. The zero-order chi connectivity index (χ0) is 21.6. The molecule has 0 bridgehead atoms. The zero-order valence-electron chi connectivity index (χ0n) is 17.1. The Balaban J connectivity index is 2.05. The Hall–Kier alpha value is -2.25. The van der Waals surface area contributed by atoms with Gasteiger partial charge in [-0.3, -0.25) is 9.10 Å². The highest BCUT2D eigenvalue weighted by molar-refractivity contribution is 7.92. The van der Waals surface area contributed by atoms with Crippen LogP contribution in [0.1, 0.15) is 24.5 Å². The van der Waals surface area contributed by atoms with E-state index in [-0.39, 0.29) is 19.1 Å². The molecule has 0 radical (unpaired) electrons. The second-order valence-corrected chi connectivity index (χ2v) is 9.09. The highest BCUT2D eigenvalue weighted by Crippen LogP contribution is 2.24. The van der Waals surface area contributed by atoms with Crippen LogP contribution in [0.5, 0.6) is 5.75 Å². The molecule has 0 heterocycles. The maximum atomic E-state index is 12.7. The third kappa shape index (κ3) is 6.11. The fraction of sp³-hybridized carbons (Fsp3) is 0.381. The van der Waals surface area contributed by atoms with Gasteiger partial charge in [-0.1, -0.05) is 30.7 Å². The molecule has 1 atom stereocenters. The molecule has 2 aromatic rings. The number of aryl methyl sites for hydroxylation is 1. The van der Waals surface area contributed by atoms with Crippen LogP contribution in [0.4, 0.5) is 5.69 Å². The van der Waals surface area contributed by atoms with Gasteiger partial charge in [-0.15, -0.1) is 0 Å². The van der Waals surface area contributed by atoms with Crippen LogP contribution >= 0.6 is 11.6 Å². The monoisotopic (exact) mass is 438 g/mol. The van der Waals surface area contributed by atoms with Crippen molar-refractivity contribution in [3.8, 4) is 5.75 Å². The molecule has 0 saturated heterocycles. The van der Waals surface area contributed by atoms with Crippen molar-refractivity contribution in [2.45, 2.75) is 33.2 Å². The van der Waals surface area contributed by atoms with Gasteiger partial charge in [0.25, 0.3) is 0 Å². The molecule has 158 valence electrons. The van der Waals surface area contributed by atoms with Crippen molar-refractivity contribution in [1.82, 2.24) is 5.32 Å². The predicted molar refractivity (Wildman–Crippen MR) is 117 cm³/mol. The molecular formula is C21H27ClN2O4S. The summed E-state index contributed by atoms with van der Waals surface area (Å²) in [6, 6.07) is 11.3. The molecule has 29 heavy (non-hydrogen) atoms. The van der Waals surface area contributed by atoms with Gasteiger partial charge in [-0.2, -0.15) is 0 Å². The van der Waals surface area contributed by atoms with E-state index in [0.717, 1.165) is 27.4 Å². The number of benzene rings is 2. The third-order valence-corrected chi connectivity index (χ3v) is 6.06. The largest absolute Gasteiger partial charge is 0.491 e. The van der Waals surface area contributed by atoms with Crippen LogP contribution in [-0.2, 0) is 14.8 Å². The maximum Gasteiger partial charge on any atom is 0.244 e. The topological polar surface area (TPSA) is 75.7 Å². The number of hydrogen-bond acceptors (Lipinski definition) is 4. The second-order valence-electron chi connectivity index (χ2n) is 6.80. The van der Waals surface area contributed by atoms with Crippen LogP contribution < -0.4 is 14.4 Å². The first-order valence-electron chi connectivity index (χ1n) is 9.36. The van der Waals surface area contributed by atoms with Gasteiger partial charge < -0.3 is 10.1 Å². The van der Waals surface area contributed by atoms with Crippen LogP contribution in [0.3, 0.4) is 0 Å². The number of amides is 1. The van der Waals surface area contributed by atoms with Crippen molar-refractivity contribution >= 4 is 33.2 Å². The first-order valence-corrected chi connectivity index (χ1v) is 11.6. The molecular weight excluding hydrogens is 412 g/mol. The number of rotatable bonds is 9. The van der Waals surface area contributed by atoms with Crippen molar-refractivity contribution in [3.05, 3.63) is 58.6 Å². The average molecular weight is 439 g/mol. The first-order chi connectivity index (χ1) is 13.6. The lowest BCUT2D eigenvalue weighted by Crippen LogP contribution is -2.50. The number of sulfonamides is 1. The molecule has 1 N–H and O–H groups in total. The summed E-state index contributed by atoms with van der Waals surface area (Å²) in [5.74, 6) is 0.391. The molecule has 6 nitrogen and oxygen atoms in total. The van der Waals surface area contributed by atoms with Gasteiger partial charge in [0.05, 0.1) is 18.5 Å².